The summed E-state index contributed by atoms with van der Waals surface area (Å²) >= 11 is 0. The zero-order chi connectivity index (χ0) is 18.0. The second kappa shape index (κ2) is 7.23. The fourth-order valence-corrected chi connectivity index (χ4v) is 3.15. The fraction of sp³-hybridized carbons (Fsp3) is 0.292. The number of hydrogen-bond acceptors (Lipinski definition) is 1. The van der Waals surface area contributed by atoms with E-state index in [2.05, 4.69) is 89.2 Å². The first-order chi connectivity index (χ1) is 11.9. The van der Waals surface area contributed by atoms with Crippen LogP contribution in [-0.4, -0.2) is 4.98 Å². The van der Waals surface area contributed by atoms with Crippen LogP contribution in [0.1, 0.15) is 36.2 Å². The summed E-state index contributed by atoms with van der Waals surface area (Å²) in [5, 5.41) is 0. The standard InChI is InChI=1S/C24H27N/c1-16(2)14-23-19(5)22(20-10-6-17(3)7-11-20)15-24(25-23)21-12-8-18(4)9-13-21/h6-13,15-16H,14H2,1-5H3. The number of aromatic nitrogens is 1. The summed E-state index contributed by atoms with van der Waals surface area (Å²) in [6, 6.07) is 19.7. The Morgan fingerprint density at radius 3 is 1.80 bits per heavy atom. The zero-order valence-corrected chi connectivity index (χ0v) is 15.9. The van der Waals surface area contributed by atoms with E-state index in [-0.39, 0.29) is 0 Å². The van der Waals surface area contributed by atoms with Gasteiger partial charge < -0.3 is 0 Å². The quantitative estimate of drug-likeness (QED) is 0.529. The molecule has 0 unspecified atom stereocenters. The maximum Gasteiger partial charge on any atom is 0.0711 e. The Bertz CT molecular complexity index is 856. The summed E-state index contributed by atoms with van der Waals surface area (Å²) in [6.07, 6.45) is 1.00. The number of aryl methyl sites for hydroxylation is 2. The van der Waals surface area contributed by atoms with Gasteiger partial charge in [0.15, 0.2) is 0 Å². The van der Waals surface area contributed by atoms with Crippen LogP contribution >= 0.6 is 0 Å². The Hall–Kier alpha value is -2.41. The van der Waals surface area contributed by atoms with Gasteiger partial charge in [0.25, 0.3) is 0 Å². The summed E-state index contributed by atoms with van der Waals surface area (Å²) < 4.78 is 0. The minimum Gasteiger partial charge on any atom is -0.253 e. The lowest BCUT2D eigenvalue weighted by atomic mass is 9.93. The van der Waals surface area contributed by atoms with Crippen LogP contribution in [0.15, 0.2) is 54.6 Å². The molecule has 0 saturated carbocycles. The molecule has 3 aromatic rings. The van der Waals surface area contributed by atoms with E-state index >= 15 is 0 Å². The van der Waals surface area contributed by atoms with Gasteiger partial charge in [0.1, 0.15) is 0 Å². The summed E-state index contributed by atoms with van der Waals surface area (Å²) in [5.74, 6) is 0.588. The highest BCUT2D eigenvalue weighted by Crippen LogP contribution is 2.31. The van der Waals surface area contributed by atoms with Crippen molar-refractivity contribution in [3.63, 3.8) is 0 Å². The second-order valence-corrected chi connectivity index (χ2v) is 7.46. The maximum atomic E-state index is 5.02. The van der Waals surface area contributed by atoms with Crippen LogP contribution in [0, 0.1) is 26.7 Å². The molecular formula is C24H27N. The smallest absolute Gasteiger partial charge is 0.0711 e. The molecule has 0 aliphatic carbocycles. The van der Waals surface area contributed by atoms with Crippen molar-refractivity contribution in [1.82, 2.24) is 4.98 Å². The van der Waals surface area contributed by atoms with Gasteiger partial charge in [0.2, 0.25) is 0 Å². The van der Waals surface area contributed by atoms with E-state index < -0.39 is 0 Å². The lowest BCUT2D eigenvalue weighted by molar-refractivity contribution is 0.633. The van der Waals surface area contributed by atoms with Crippen molar-refractivity contribution in [3.8, 4) is 22.4 Å². The number of pyridine rings is 1. The molecule has 0 N–H and O–H groups in total. The summed E-state index contributed by atoms with van der Waals surface area (Å²) in [6.45, 7) is 11.0. The van der Waals surface area contributed by atoms with Gasteiger partial charge >= 0.3 is 0 Å². The maximum absolute atomic E-state index is 5.02. The van der Waals surface area contributed by atoms with Gasteiger partial charge in [0.05, 0.1) is 5.69 Å². The van der Waals surface area contributed by atoms with E-state index in [9.17, 15) is 0 Å². The molecule has 0 atom stereocenters. The molecule has 0 radical (unpaired) electrons. The Kier molecular flexibility index (Phi) is 5.03. The zero-order valence-electron chi connectivity index (χ0n) is 15.9. The lowest BCUT2D eigenvalue weighted by Crippen LogP contribution is -2.03. The molecule has 1 heterocycles. The van der Waals surface area contributed by atoms with Gasteiger partial charge in [-0.2, -0.15) is 0 Å². The molecule has 0 spiro atoms. The lowest BCUT2D eigenvalue weighted by Gasteiger charge is -2.16. The third kappa shape index (κ3) is 3.99. The average Bonchev–Trinajstić information content (AvgIpc) is 2.58. The van der Waals surface area contributed by atoms with Crippen LogP contribution in [0.4, 0.5) is 0 Å². The van der Waals surface area contributed by atoms with Crippen LogP contribution in [-0.2, 0) is 6.42 Å². The normalized spacial score (nSPS) is 11.1. The number of rotatable bonds is 4. The molecule has 1 heteroatoms. The van der Waals surface area contributed by atoms with E-state index in [4.69, 9.17) is 4.98 Å². The molecule has 0 saturated heterocycles. The highest BCUT2D eigenvalue weighted by atomic mass is 14.7. The van der Waals surface area contributed by atoms with Gasteiger partial charge in [-0.1, -0.05) is 73.5 Å². The van der Waals surface area contributed by atoms with E-state index in [0.29, 0.717) is 5.92 Å². The van der Waals surface area contributed by atoms with Gasteiger partial charge in [-0.05, 0) is 55.9 Å². The van der Waals surface area contributed by atoms with E-state index in [1.165, 1.54) is 39.1 Å². The Balaban J connectivity index is 2.17. The predicted octanol–water partition coefficient (Wildman–Crippen LogP) is 6.54. The van der Waals surface area contributed by atoms with Crippen LogP contribution < -0.4 is 0 Å². The minimum atomic E-state index is 0.588. The van der Waals surface area contributed by atoms with Gasteiger partial charge in [-0.15, -0.1) is 0 Å². The monoisotopic (exact) mass is 329 g/mol. The minimum absolute atomic E-state index is 0.588. The molecule has 0 aliphatic heterocycles. The van der Waals surface area contributed by atoms with Crippen molar-refractivity contribution in [3.05, 3.63) is 77.0 Å². The molecule has 25 heavy (non-hydrogen) atoms. The average molecular weight is 329 g/mol. The molecule has 0 fully saturated rings. The molecule has 3 rings (SSSR count). The summed E-state index contributed by atoms with van der Waals surface area (Å²) in [7, 11) is 0. The van der Waals surface area contributed by atoms with E-state index in [1.807, 2.05) is 0 Å². The molecule has 0 amide bonds. The number of nitrogens with zero attached hydrogens (tertiary/aromatic N) is 1. The molecule has 0 aliphatic rings. The van der Waals surface area contributed by atoms with Crippen molar-refractivity contribution in [1.29, 1.82) is 0 Å². The summed E-state index contributed by atoms with van der Waals surface area (Å²) in [4.78, 5) is 5.02. The van der Waals surface area contributed by atoms with Crippen molar-refractivity contribution in [2.75, 3.05) is 0 Å². The predicted molar refractivity (Wildman–Crippen MR) is 108 cm³/mol. The van der Waals surface area contributed by atoms with E-state index in [1.54, 1.807) is 0 Å². The van der Waals surface area contributed by atoms with Crippen LogP contribution in [0.5, 0.6) is 0 Å². The Morgan fingerprint density at radius 1 is 0.760 bits per heavy atom. The Labute approximate surface area is 151 Å². The van der Waals surface area contributed by atoms with Crippen LogP contribution in [0.25, 0.3) is 22.4 Å². The third-order valence-electron chi connectivity index (χ3n) is 4.68. The van der Waals surface area contributed by atoms with Crippen LogP contribution in [0.3, 0.4) is 0 Å². The van der Waals surface area contributed by atoms with Gasteiger partial charge in [0, 0.05) is 11.3 Å². The summed E-state index contributed by atoms with van der Waals surface area (Å²) in [5.41, 5.74) is 9.89. The fourth-order valence-electron chi connectivity index (χ4n) is 3.15. The highest BCUT2D eigenvalue weighted by molar-refractivity contribution is 5.74. The van der Waals surface area contributed by atoms with Crippen molar-refractivity contribution in [2.45, 2.75) is 41.0 Å². The first-order valence-corrected chi connectivity index (χ1v) is 9.08. The largest absolute Gasteiger partial charge is 0.253 e. The van der Waals surface area contributed by atoms with Crippen molar-refractivity contribution >= 4 is 0 Å². The topological polar surface area (TPSA) is 12.9 Å². The second-order valence-electron chi connectivity index (χ2n) is 7.46. The molecule has 2 aromatic carbocycles. The van der Waals surface area contributed by atoms with E-state index in [0.717, 1.165) is 12.1 Å². The first kappa shape index (κ1) is 17.4. The molecular weight excluding hydrogens is 302 g/mol. The van der Waals surface area contributed by atoms with Crippen LogP contribution in [0.2, 0.25) is 0 Å². The van der Waals surface area contributed by atoms with Gasteiger partial charge in [-0.25, -0.2) is 0 Å². The molecule has 128 valence electrons. The number of benzene rings is 2. The first-order valence-electron chi connectivity index (χ1n) is 9.08. The highest BCUT2D eigenvalue weighted by Gasteiger charge is 2.13. The molecule has 0 bridgehead atoms. The van der Waals surface area contributed by atoms with Crippen molar-refractivity contribution in [2.24, 2.45) is 5.92 Å². The number of hydrogen-bond donors (Lipinski definition) is 0. The molecule has 1 nitrogen and oxygen atoms in total. The SMILES string of the molecule is Cc1ccc(-c2cc(-c3ccc(C)cc3)c(C)c(CC(C)C)n2)cc1. The van der Waals surface area contributed by atoms with Crippen molar-refractivity contribution < 1.29 is 0 Å². The third-order valence-corrected chi connectivity index (χ3v) is 4.68. The molecule has 1 aromatic heterocycles. The van der Waals surface area contributed by atoms with Gasteiger partial charge in [-0.3, -0.25) is 4.98 Å². The Morgan fingerprint density at radius 2 is 1.28 bits per heavy atom.